The minimum atomic E-state index is 1.28. The van der Waals surface area contributed by atoms with Crippen molar-refractivity contribution in [2.24, 2.45) is 0 Å². The van der Waals surface area contributed by atoms with Gasteiger partial charge in [-0.15, -0.1) is 0 Å². The number of hydrogen-bond acceptors (Lipinski definition) is 2. The van der Waals surface area contributed by atoms with Crippen molar-refractivity contribution in [1.82, 2.24) is 0 Å². The van der Waals surface area contributed by atoms with Crippen LogP contribution < -0.4 is 0 Å². The molecule has 0 bridgehead atoms. The lowest BCUT2D eigenvalue weighted by atomic mass is 9.84. The predicted octanol–water partition coefficient (Wildman–Crippen LogP) is 11.3. The second-order valence-corrected chi connectivity index (χ2v) is 12.9. The molecule has 40 heavy (non-hydrogen) atoms. The van der Waals surface area contributed by atoms with Crippen LogP contribution in [0.2, 0.25) is 0 Å². The number of benzene rings is 7. The van der Waals surface area contributed by atoms with Crippen molar-refractivity contribution < 1.29 is 0 Å². The number of aryl methyl sites for hydroxylation is 2. The molecule has 0 saturated carbocycles. The smallest absolute Gasteiger partial charge is 0.0201 e. The van der Waals surface area contributed by atoms with E-state index in [1.807, 2.05) is 23.5 Å². The zero-order valence-corrected chi connectivity index (χ0v) is 23.8. The first-order valence-corrected chi connectivity index (χ1v) is 15.5. The third-order valence-corrected chi connectivity index (χ3v) is 10.6. The van der Waals surface area contributed by atoms with Gasteiger partial charge >= 0.3 is 0 Å². The summed E-state index contributed by atoms with van der Waals surface area (Å²) in [6.07, 6.45) is 0. The van der Waals surface area contributed by atoms with Gasteiger partial charge in [0.2, 0.25) is 0 Å². The highest BCUT2D eigenvalue weighted by Gasteiger charge is 2.25. The minimum Gasteiger partial charge on any atom is -0.0967 e. The Morgan fingerprint density at radius 1 is 0.375 bits per heavy atom. The number of fused-ring (bicyclic) bond motifs is 2. The van der Waals surface area contributed by atoms with E-state index < -0.39 is 0 Å². The molecule has 0 radical (unpaired) electrons. The van der Waals surface area contributed by atoms with Gasteiger partial charge < -0.3 is 0 Å². The molecule has 0 unspecified atom stereocenters. The second kappa shape index (κ2) is 8.27. The third-order valence-electron chi connectivity index (χ3n) is 8.74. The summed E-state index contributed by atoms with van der Waals surface area (Å²) < 4.78 is 0. The van der Waals surface area contributed by atoms with Crippen LogP contribution in [-0.2, 0) is 0 Å². The molecule has 7 aromatic rings. The summed E-state index contributed by atoms with van der Waals surface area (Å²) in [7, 11) is 0. The Kier molecular flexibility index (Phi) is 4.71. The van der Waals surface area contributed by atoms with Gasteiger partial charge in [0.1, 0.15) is 0 Å². The van der Waals surface area contributed by atoms with Crippen molar-refractivity contribution in [3.63, 3.8) is 0 Å². The molecule has 2 heterocycles. The van der Waals surface area contributed by atoms with Crippen LogP contribution in [0.5, 0.6) is 0 Å². The summed E-state index contributed by atoms with van der Waals surface area (Å²) in [5, 5.41) is 15.7. The molecular formula is C38H24S2. The maximum atomic E-state index is 2.38. The summed E-state index contributed by atoms with van der Waals surface area (Å²) in [6, 6.07) is 36.8. The summed E-state index contributed by atoms with van der Waals surface area (Å²) in [5.41, 5.74) is 10.5. The first kappa shape index (κ1) is 22.8. The first-order chi connectivity index (χ1) is 19.7. The van der Waals surface area contributed by atoms with Crippen LogP contribution in [0.1, 0.15) is 33.4 Å². The molecule has 2 aliphatic rings. The van der Waals surface area contributed by atoms with Crippen LogP contribution in [0.3, 0.4) is 0 Å². The van der Waals surface area contributed by atoms with Gasteiger partial charge in [-0.1, -0.05) is 120 Å². The maximum absolute atomic E-state index is 2.38. The van der Waals surface area contributed by atoms with Crippen molar-refractivity contribution in [2.75, 3.05) is 0 Å². The fourth-order valence-corrected chi connectivity index (χ4v) is 8.72. The number of rotatable bonds is 2. The van der Waals surface area contributed by atoms with Crippen LogP contribution in [0.4, 0.5) is 0 Å². The highest BCUT2D eigenvalue weighted by Crippen LogP contribution is 2.52. The summed E-state index contributed by atoms with van der Waals surface area (Å²) in [6.45, 7) is 4.31. The van der Waals surface area contributed by atoms with Gasteiger partial charge in [-0.25, -0.2) is 0 Å². The van der Waals surface area contributed by atoms with Gasteiger partial charge in [0.25, 0.3) is 0 Å². The van der Waals surface area contributed by atoms with Gasteiger partial charge in [0, 0.05) is 20.6 Å². The van der Waals surface area contributed by atoms with E-state index in [-0.39, 0.29) is 0 Å². The summed E-state index contributed by atoms with van der Waals surface area (Å²) in [5.74, 6) is 0. The van der Waals surface area contributed by atoms with Gasteiger partial charge in [0.15, 0.2) is 0 Å². The van der Waals surface area contributed by atoms with Crippen molar-refractivity contribution in [3.8, 4) is 0 Å². The van der Waals surface area contributed by atoms with E-state index in [9.17, 15) is 0 Å². The van der Waals surface area contributed by atoms with Crippen LogP contribution in [0, 0.1) is 13.8 Å². The molecule has 0 aliphatic carbocycles. The Labute approximate surface area is 241 Å². The Morgan fingerprint density at radius 2 is 0.750 bits per heavy atom. The van der Waals surface area contributed by atoms with E-state index >= 15 is 0 Å². The minimum absolute atomic E-state index is 1.28. The standard InChI is InChI=1S/C38H24S2/c1-21-3-7-23(8-4-21)31-19-39-33-17-15-27-28-16-18-34-38-30(32(20-40-34)24-9-5-22(2)6-10-24)14-12-26(36(28)38)25-11-13-29(31)37(33)35(25)27/h3-20H,1-2H3. The molecule has 0 atom stereocenters. The lowest BCUT2D eigenvalue weighted by molar-refractivity contribution is 1.44. The van der Waals surface area contributed by atoms with Gasteiger partial charge in [0.05, 0.1) is 0 Å². The molecule has 2 aliphatic heterocycles. The monoisotopic (exact) mass is 544 g/mol. The topological polar surface area (TPSA) is 0 Å². The zero-order valence-electron chi connectivity index (χ0n) is 22.2. The van der Waals surface area contributed by atoms with Crippen LogP contribution in [0.15, 0.2) is 118 Å². The van der Waals surface area contributed by atoms with Crippen molar-refractivity contribution in [2.45, 2.75) is 23.6 Å². The van der Waals surface area contributed by atoms with E-state index in [1.165, 1.54) is 97.4 Å². The van der Waals surface area contributed by atoms with Crippen molar-refractivity contribution in [3.05, 3.63) is 141 Å². The molecule has 9 rings (SSSR count). The highest BCUT2D eigenvalue weighted by molar-refractivity contribution is 8.02. The number of hydrogen-bond donors (Lipinski definition) is 0. The Hall–Kier alpha value is -3.98. The third kappa shape index (κ3) is 3.06. The lowest BCUT2D eigenvalue weighted by Gasteiger charge is -2.25. The molecule has 0 fully saturated rings. The molecule has 0 spiro atoms. The average molecular weight is 545 g/mol. The van der Waals surface area contributed by atoms with E-state index in [0.717, 1.165) is 0 Å². The Balaban J connectivity index is 1.36. The quantitative estimate of drug-likeness (QED) is 0.157. The Bertz CT molecular complexity index is 2070. The van der Waals surface area contributed by atoms with Crippen LogP contribution >= 0.6 is 23.5 Å². The number of thioether (sulfide) groups is 2. The summed E-state index contributed by atoms with van der Waals surface area (Å²) >= 11 is 3.72. The van der Waals surface area contributed by atoms with Crippen molar-refractivity contribution in [1.29, 1.82) is 0 Å². The summed E-state index contributed by atoms with van der Waals surface area (Å²) in [4.78, 5) is 2.70. The largest absolute Gasteiger partial charge is 0.0967 e. The van der Waals surface area contributed by atoms with Gasteiger partial charge in [-0.3, -0.25) is 0 Å². The first-order valence-electron chi connectivity index (χ1n) is 13.7. The fraction of sp³-hybridized carbons (Fsp3) is 0.0526. The molecule has 7 aromatic carbocycles. The normalized spacial score (nSPS) is 14.3. The van der Waals surface area contributed by atoms with Crippen LogP contribution in [-0.4, -0.2) is 0 Å². The second-order valence-electron chi connectivity index (χ2n) is 11.1. The molecule has 0 amide bonds. The predicted molar refractivity (Wildman–Crippen MR) is 176 cm³/mol. The maximum Gasteiger partial charge on any atom is 0.0201 e. The zero-order chi connectivity index (χ0) is 26.5. The van der Waals surface area contributed by atoms with Crippen molar-refractivity contribution >= 4 is 77.8 Å². The van der Waals surface area contributed by atoms with Gasteiger partial charge in [-0.05, 0) is 103 Å². The van der Waals surface area contributed by atoms with Crippen LogP contribution in [0.25, 0.3) is 54.2 Å². The SMILES string of the molecule is Cc1ccc(C2=CSc3ccc4c5ccc6c7c(ccc(c8ccc2c3c48)c75)C(c2ccc(C)cc2)=CS6)cc1. The Morgan fingerprint density at radius 3 is 1.15 bits per heavy atom. The molecule has 0 aromatic heterocycles. The van der Waals surface area contributed by atoms with E-state index in [4.69, 9.17) is 0 Å². The van der Waals surface area contributed by atoms with Gasteiger partial charge in [-0.2, -0.15) is 0 Å². The molecule has 2 heteroatoms. The lowest BCUT2D eigenvalue weighted by Crippen LogP contribution is -1.99. The average Bonchev–Trinajstić information content (AvgIpc) is 3.00. The highest BCUT2D eigenvalue weighted by atomic mass is 32.2. The van der Waals surface area contributed by atoms with E-state index in [2.05, 4.69) is 122 Å². The van der Waals surface area contributed by atoms with E-state index in [1.54, 1.807) is 0 Å². The molecular weight excluding hydrogens is 521 g/mol. The van der Waals surface area contributed by atoms with E-state index in [0.29, 0.717) is 0 Å². The molecule has 188 valence electrons. The molecule has 0 nitrogen and oxygen atoms in total. The molecule has 0 saturated heterocycles. The fourth-order valence-electron chi connectivity index (χ4n) is 6.76. The molecule has 0 N–H and O–H groups in total.